The van der Waals surface area contributed by atoms with E-state index in [4.69, 9.17) is 4.74 Å². The lowest BCUT2D eigenvalue weighted by molar-refractivity contribution is -0.142. The minimum Gasteiger partial charge on any atom is -0.465 e. The summed E-state index contributed by atoms with van der Waals surface area (Å²) in [5.41, 5.74) is -1.02. The molecule has 0 N–H and O–H groups in total. The summed E-state index contributed by atoms with van der Waals surface area (Å²) in [4.78, 5) is 25.3. The summed E-state index contributed by atoms with van der Waals surface area (Å²) < 4.78 is 57.5. The minimum absolute atomic E-state index is 0.0523. The van der Waals surface area contributed by atoms with Crippen LogP contribution in [0.3, 0.4) is 0 Å². The third-order valence-electron chi connectivity index (χ3n) is 3.68. The fraction of sp³-hybridized carbons (Fsp3) is 0.263. The number of alkyl halides is 3. The van der Waals surface area contributed by atoms with Crippen LogP contribution in [0.2, 0.25) is 0 Å². The van der Waals surface area contributed by atoms with E-state index in [1.54, 1.807) is 6.92 Å². The van der Waals surface area contributed by atoms with E-state index in [1.165, 1.54) is 30.3 Å². The molecule has 0 radical (unpaired) electrons. The highest BCUT2D eigenvalue weighted by atomic mass is 19.4. The number of benzene rings is 2. The number of anilines is 1. The quantitative estimate of drug-likeness (QED) is 0.560. The van der Waals surface area contributed by atoms with Crippen molar-refractivity contribution in [3.63, 3.8) is 0 Å². The van der Waals surface area contributed by atoms with Crippen molar-refractivity contribution in [2.75, 3.05) is 18.1 Å². The lowest BCUT2D eigenvalue weighted by Gasteiger charge is -2.23. The number of hydrogen-bond donors (Lipinski definition) is 0. The average molecular weight is 383 g/mol. The fourth-order valence-corrected chi connectivity index (χ4v) is 2.41. The molecular formula is C19H17F4NO3. The molecule has 2 aromatic rings. The maximum absolute atomic E-state index is 13.8. The predicted octanol–water partition coefficient (Wildman–Crippen LogP) is 3.98. The van der Waals surface area contributed by atoms with Gasteiger partial charge in [0.05, 0.1) is 18.6 Å². The summed E-state index contributed by atoms with van der Waals surface area (Å²) >= 11 is 0. The van der Waals surface area contributed by atoms with Gasteiger partial charge in [-0.3, -0.25) is 9.59 Å². The molecule has 0 atom stereocenters. The zero-order valence-corrected chi connectivity index (χ0v) is 14.4. The monoisotopic (exact) mass is 383 g/mol. The van der Waals surface area contributed by atoms with Gasteiger partial charge in [0, 0.05) is 5.69 Å². The van der Waals surface area contributed by atoms with Crippen LogP contribution in [0.15, 0.2) is 48.5 Å². The molecule has 0 aliphatic carbocycles. The van der Waals surface area contributed by atoms with E-state index >= 15 is 0 Å². The van der Waals surface area contributed by atoms with Crippen LogP contribution in [0.1, 0.15) is 18.1 Å². The molecule has 0 bridgehead atoms. The van der Waals surface area contributed by atoms with Gasteiger partial charge < -0.3 is 9.64 Å². The minimum atomic E-state index is -4.61. The Hall–Kier alpha value is -2.90. The molecule has 2 rings (SSSR count). The number of hydrogen-bond acceptors (Lipinski definition) is 3. The third kappa shape index (κ3) is 5.54. The Kier molecular flexibility index (Phi) is 6.55. The van der Waals surface area contributed by atoms with Crippen molar-refractivity contribution in [3.05, 3.63) is 65.5 Å². The second-order valence-electron chi connectivity index (χ2n) is 5.60. The van der Waals surface area contributed by atoms with Gasteiger partial charge in [-0.15, -0.1) is 0 Å². The summed E-state index contributed by atoms with van der Waals surface area (Å²) in [5.74, 6) is -2.13. The van der Waals surface area contributed by atoms with Crippen LogP contribution < -0.4 is 4.90 Å². The Labute approximate surface area is 153 Å². The third-order valence-corrected chi connectivity index (χ3v) is 3.68. The second-order valence-corrected chi connectivity index (χ2v) is 5.60. The van der Waals surface area contributed by atoms with E-state index in [0.29, 0.717) is 0 Å². The van der Waals surface area contributed by atoms with Crippen LogP contribution in [0.4, 0.5) is 23.2 Å². The van der Waals surface area contributed by atoms with Crippen LogP contribution in [0.5, 0.6) is 0 Å². The highest BCUT2D eigenvalue weighted by Gasteiger charge is 2.31. The molecule has 144 valence electrons. The molecule has 1 amide bonds. The molecule has 0 saturated heterocycles. The van der Waals surface area contributed by atoms with E-state index in [1.807, 2.05) is 0 Å². The van der Waals surface area contributed by atoms with Crippen molar-refractivity contribution in [2.45, 2.75) is 19.5 Å². The van der Waals surface area contributed by atoms with Crippen LogP contribution in [-0.4, -0.2) is 25.0 Å². The van der Waals surface area contributed by atoms with Crippen molar-refractivity contribution < 1.29 is 31.9 Å². The van der Waals surface area contributed by atoms with Crippen LogP contribution >= 0.6 is 0 Å². The maximum Gasteiger partial charge on any atom is 0.416 e. The molecule has 0 aliphatic heterocycles. The predicted molar refractivity (Wildman–Crippen MR) is 90.5 cm³/mol. The molecule has 0 aliphatic rings. The Morgan fingerprint density at radius 2 is 1.78 bits per heavy atom. The number of ether oxygens (including phenoxy) is 1. The number of nitrogens with zero attached hydrogens (tertiary/aromatic N) is 1. The molecule has 0 saturated carbocycles. The van der Waals surface area contributed by atoms with Gasteiger partial charge in [-0.25, -0.2) is 4.39 Å². The lowest BCUT2D eigenvalue weighted by Crippen LogP contribution is -2.38. The Morgan fingerprint density at radius 3 is 2.41 bits per heavy atom. The van der Waals surface area contributed by atoms with E-state index < -0.39 is 42.4 Å². The molecule has 0 fully saturated rings. The number of amides is 1. The molecule has 4 nitrogen and oxygen atoms in total. The van der Waals surface area contributed by atoms with E-state index in [-0.39, 0.29) is 17.9 Å². The standard InChI is InChI=1S/C19H17F4NO3/c1-2-27-18(26)12-24(15-8-5-7-14(11-15)19(21,22)23)17(25)10-13-6-3-4-9-16(13)20/h3-9,11H,2,10,12H2,1H3. The highest BCUT2D eigenvalue weighted by molar-refractivity contribution is 5.98. The number of halogens is 4. The summed E-state index contributed by atoms with van der Waals surface area (Å²) in [7, 11) is 0. The second kappa shape index (κ2) is 8.66. The molecule has 0 spiro atoms. The molecule has 2 aromatic carbocycles. The van der Waals surface area contributed by atoms with Crippen molar-refractivity contribution in [2.24, 2.45) is 0 Å². The van der Waals surface area contributed by atoms with Gasteiger partial charge >= 0.3 is 12.1 Å². The van der Waals surface area contributed by atoms with E-state index in [2.05, 4.69) is 0 Å². The summed E-state index contributed by atoms with van der Waals surface area (Å²) in [6.07, 6.45) is -5.03. The van der Waals surface area contributed by atoms with Crippen LogP contribution in [-0.2, 0) is 26.9 Å². The Bertz CT molecular complexity index is 821. The van der Waals surface area contributed by atoms with Crippen molar-refractivity contribution in [3.8, 4) is 0 Å². The number of rotatable bonds is 6. The van der Waals surface area contributed by atoms with Gasteiger partial charge in [0.25, 0.3) is 0 Å². The van der Waals surface area contributed by atoms with E-state index in [0.717, 1.165) is 23.1 Å². The Balaban J connectivity index is 2.35. The maximum atomic E-state index is 13.8. The number of carbonyl (C=O) groups is 2. The molecule has 27 heavy (non-hydrogen) atoms. The van der Waals surface area contributed by atoms with Crippen LogP contribution in [0.25, 0.3) is 0 Å². The summed E-state index contributed by atoms with van der Waals surface area (Å²) in [5, 5.41) is 0. The molecule has 0 aromatic heterocycles. The van der Waals surface area contributed by atoms with Crippen molar-refractivity contribution in [1.82, 2.24) is 0 Å². The van der Waals surface area contributed by atoms with Crippen molar-refractivity contribution in [1.29, 1.82) is 0 Å². The number of carbonyl (C=O) groups excluding carboxylic acids is 2. The van der Waals surface area contributed by atoms with Gasteiger partial charge in [-0.1, -0.05) is 24.3 Å². The van der Waals surface area contributed by atoms with Crippen molar-refractivity contribution >= 4 is 17.6 Å². The molecule has 0 unspecified atom stereocenters. The van der Waals surface area contributed by atoms with Crippen LogP contribution in [0, 0.1) is 5.82 Å². The summed E-state index contributed by atoms with van der Waals surface area (Å²) in [6.45, 7) is 1.03. The smallest absolute Gasteiger partial charge is 0.416 e. The first-order valence-corrected chi connectivity index (χ1v) is 8.09. The van der Waals surface area contributed by atoms with Gasteiger partial charge in [0.1, 0.15) is 12.4 Å². The molecular weight excluding hydrogens is 366 g/mol. The van der Waals surface area contributed by atoms with Gasteiger partial charge in [-0.2, -0.15) is 13.2 Å². The SMILES string of the molecule is CCOC(=O)CN(C(=O)Cc1ccccc1F)c1cccc(C(F)(F)F)c1. The zero-order chi connectivity index (χ0) is 20.0. The first kappa shape index (κ1) is 20.4. The zero-order valence-electron chi connectivity index (χ0n) is 14.4. The number of esters is 1. The lowest BCUT2D eigenvalue weighted by atomic mass is 10.1. The van der Waals surface area contributed by atoms with Gasteiger partial charge in [0.2, 0.25) is 5.91 Å². The normalized spacial score (nSPS) is 11.1. The topological polar surface area (TPSA) is 46.6 Å². The highest BCUT2D eigenvalue weighted by Crippen LogP contribution is 2.31. The summed E-state index contributed by atoms with van der Waals surface area (Å²) in [6, 6.07) is 9.56. The molecule has 0 heterocycles. The first-order chi connectivity index (χ1) is 12.7. The Morgan fingerprint density at radius 1 is 1.07 bits per heavy atom. The molecule has 8 heteroatoms. The van der Waals surface area contributed by atoms with Gasteiger partial charge in [-0.05, 0) is 36.8 Å². The average Bonchev–Trinajstić information content (AvgIpc) is 2.61. The van der Waals surface area contributed by atoms with E-state index in [9.17, 15) is 27.2 Å². The van der Waals surface area contributed by atoms with Gasteiger partial charge in [0.15, 0.2) is 0 Å². The largest absolute Gasteiger partial charge is 0.465 e. The first-order valence-electron chi connectivity index (χ1n) is 8.09. The fourth-order valence-electron chi connectivity index (χ4n) is 2.41.